The highest BCUT2D eigenvalue weighted by molar-refractivity contribution is 6.59. The summed E-state index contributed by atoms with van der Waals surface area (Å²) in [6, 6.07) is 5.17. The summed E-state index contributed by atoms with van der Waals surface area (Å²) < 4.78 is 11.3. The van der Waals surface area contributed by atoms with Crippen LogP contribution >= 0.6 is 0 Å². The summed E-state index contributed by atoms with van der Waals surface area (Å²) in [5, 5.41) is 18.8. The molecule has 0 fully saturated rings. The molecule has 0 bridgehead atoms. The smallest absolute Gasteiger partial charge is 0.490 e. The van der Waals surface area contributed by atoms with Gasteiger partial charge in [-0.1, -0.05) is 38.8 Å². The van der Waals surface area contributed by atoms with Gasteiger partial charge in [0, 0.05) is 5.46 Å². The molecule has 0 radical (unpaired) electrons. The van der Waals surface area contributed by atoms with Crippen LogP contribution in [-0.2, 0) is 0 Å². The summed E-state index contributed by atoms with van der Waals surface area (Å²) in [6.45, 7) is 5.32. The molecular weight excluding hydrogens is 243 g/mol. The monoisotopic (exact) mass is 266 g/mol. The predicted molar refractivity (Wildman–Crippen MR) is 77.1 cm³/mol. The Labute approximate surface area is 115 Å². The van der Waals surface area contributed by atoms with Gasteiger partial charge in [-0.2, -0.15) is 0 Å². The third kappa shape index (κ3) is 5.13. The van der Waals surface area contributed by atoms with Gasteiger partial charge in [0.1, 0.15) is 0 Å². The van der Waals surface area contributed by atoms with E-state index in [4.69, 9.17) is 9.47 Å². The normalized spacial score (nSPS) is 10.3. The first kappa shape index (κ1) is 15.9. The highest BCUT2D eigenvalue weighted by Gasteiger charge is 2.20. The van der Waals surface area contributed by atoms with Crippen molar-refractivity contribution in [2.75, 3.05) is 13.2 Å². The van der Waals surface area contributed by atoms with Crippen molar-refractivity contribution in [1.29, 1.82) is 0 Å². The van der Waals surface area contributed by atoms with Crippen molar-refractivity contribution in [3.63, 3.8) is 0 Å². The molecule has 4 nitrogen and oxygen atoms in total. The summed E-state index contributed by atoms with van der Waals surface area (Å²) in [7, 11) is -1.55. The molecule has 0 aliphatic carbocycles. The molecule has 0 aliphatic heterocycles. The number of hydrogen-bond acceptors (Lipinski definition) is 4. The second-order valence-electron chi connectivity index (χ2n) is 4.45. The van der Waals surface area contributed by atoms with Gasteiger partial charge in [0.15, 0.2) is 11.5 Å². The van der Waals surface area contributed by atoms with Crippen LogP contribution in [-0.4, -0.2) is 30.4 Å². The predicted octanol–water partition coefficient (Wildman–Crippen LogP) is 1.72. The highest BCUT2D eigenvalue weighted by atomic mass is 16.5. The lowest BCUT2D eigenvalue weighted by molar-refractivity contribution is 0.262. The van der Waals surface area contributed by atoms with Gasteiger partial charge in [-0.25, -0.2) is 0 Å². The molecule has 1 rings (SSSR count). The Morgan fingerprint density at radius 1 is 1.00 bits per heavy atom. The maximum atomic E-state index is 9.38. The fraction of sp³-hybridized carbons (Fsp3) is 0.571. The SMILES string of the molecule is CCCCOc1cccc(B(O)O)c1OCCCC. The quantitative estimate of drug-likeness (QED) is 0.528. The molecule has 19 heavy (non-hydrogen) atoms. The molecule has 0 heterocycles. The molecular formula is C14H23BO4. The average Bonchev–Trinajstić information content (AvgIpc) is 2.40. The third-order valence-electron chi connectivity index (χ3n) is 2.79. The van der Waals surface area contributed by atoms with Gasteiger partial charge in [0.2, 0.25) is 0 Å². The van der Waals surface area contributed by atoms with Crippen LogP contribution in [0.1, 0.15) is 39.5 Å². The molecule has 0 unspecified atom stereocenters. The van der Waals surface area contributed by atoms with Crippen LogP contribution in [0.25, 0.3) is 0 Å². The standard InChI is InChI=1S/C14H23BO4/c1-3-5-10-18-13-9-7-8-12(15(16)17)14(13)19-11-6-4-2/h7-9,16-17H,3-6,10-11H2,1-2H3. The van der Waals surface area contributed by atoms with E-state index in [1.165, 1.54) is 0 Å². The largest absolute Gasteiger partial charge is 0.492 e. The van der Waals surface area contributed by atoms with E-state index in [-0.39, 0.29) is 0 Å². The Bertz CT molecular complexity index is 368. The summed E-state index contributed by atoms with van der Waals surface area (Å²) in [5.74, 6) is 1.03. The van der Waals surface area contributed by atoms with Crippen LogP contribution in [0.3, 0.4) is 0 Å². The van der Waals surface area contributed by atoms with E-state index in [1.807, 2.05) is 0 Å². The summed E-state index contributed by atoms with van der Waals surface area (Å²) in [4.78, 5) is 0. The molecule has 0 aliphatic rings. The molecule has 2 N–H and O–H groups in total. The van der Waals surface area contributed by atoms with E-state index in [2.05, 4.69) is 13.8 Å². The maximum absolute atomic E-state index is 9.38. The zero-order chi connectivity index (χ0) is 14.1. The maximum Gasteiger partial charge on any atom is 0.492 e. The number of hydrogen-bond donors (Lipinski definition) is 2. The first-order valence-electron chi connectivity index (χ1n) is 6.95. The van der Waals surface area contributed by atoms with Crippen LogP contribution in [0.2, 0.25) is 0 Å². The molecule has 5 heteroatoms. The van der Waals surface area contributed by atoms with Crippen molar-refractivity contribution in [3.8, 4) is 11.5 Å². The fourth-order valence-corrected chi connectivity index (χ4v) is 1.65. The van der Waals surface area contributed by atoms with E-state index in [0.717, 1.165) is 25.7 Å². The molecule has 1 aromatic carbocycles. The summed E-state index contributed by atoms with van der Waals surface area (Å²) in [6.07, 6.45) is 3.95. The highest BCUT2D eigenvalue weighted by Crippen LogP contribution is 2.25. The van der Waals surface area contributed by atoms with Crippen molar-refractivity contribution >= 4 is 12.6 Å². The summed E-state index contributed by atoms with van der Waals surface area (Å²) in [5.41, 5.74) is 0.352. The Morgan fingerprint density at radius 3 is 2.21 bits per heavy atom. The lowest BCUT2D eigenvalue weighted by Gasteiger charge is -2.16. The van der Waals surface area contributed by atoms with Crippen LogP contribution in [0.4, 0.5) is 0 Å². The molecule has 106 valence electrons. The van der Waals surface area contributed by atoms with Gasteiger partial charge in [-0.3, -0.25) is 0 Å². The van der Waals surface area contributed by atoms with E-state index >= 15 is 0 Å². The van der Waals surface area contributed by atoms with Gasteiger partial charge in [-0.15, -0.1) is 0 Å². The van der Waals surface area contributed by atoms with E-state index in [1.54, 1.807) is 18.2 Å². The van der Waals surface area contributed by atoms with Gasteiger partial charge in [-0.05, 0) is 18.9 Å². The number of unbranched alkanes of at least 4 members (excludes halogenated alkanes) is 2. The molecule has 0 aromatic heterocycles. The third-order valence-corrected chi connectivity index (χ3v) is 2.79. The van der Waals surface area contributed by atoms with Crippen molar-refractivity contribution < 1.29 is 19.5 Å². The number of benzene rings is 1. The number of ether oxygens (including phenoxy) is 2. The van der Waals surface area contributed by atoms with Gasteiger partial charge >= 0.3 is 7.12 Å². The molecule has 0 saturated carbocycles. The van der Waals surface area contributed by atoms with Crippen LogP contribution in [0.5, 0.6) is 11.5 Å². The molecule has 0 atom stereocenters. The molecule has 0 spiro atoms. The topological polar surface area (TPSA) is 58.9 Å². The number of para-hydroxylation sites is 1. The minimum atomic E-state index is -1.55. The van der Waals surface area contributed by atoms with E-state index < -0.39 is 7.12 Å². The fourth-order valence-electron chi connectivity index (χ4n) is 1.65. The van der Waals surface area contributed by atoms with E-state index in [0.29, 0.717) is 30.2 Å². The van der Waals surface area contributed by atoms with Gasteiger partial charge < -0.3 is 19.5 Å². The van der Waals surface area contributed by atoms with E-state index in [9.17, 15) is 10.0 Å². The van der Waals surface area contributed by atoms with Gasteiger partial charge in [0.25, 0.3) is 0 Å². The van der Waals surface area contributed by atoms with Crippen molar-refractivity contribution in [3.05, 3.63) is 18.2 Å². The average molecular weight is 266 g/mol. The Morgan fingerprint density at radius 2 is 1.63 bits per heavy atom. The van der Waals surface area contributed by atoms with Crippen LogP contribution < -0.4 is 14.9 Å². The molecule has 0 amide bonds. The zero-order valence-corrected chi connectivity index (χ0v) is 11.8. The lowest BCUT2D eigenvalue weighted by Crippen LogP contribution is -2.31. The van der Waals surface area contributed by atoms with Crippen molar-refractivity contribution in [2.45, 2.75) is 39.5 Å². The Balaban J connectivity index is 2.83. The Hall–Kier alpha value is -1.20. The van der Waals surface area contributed by atoms with Crippen LogP contribution in [0, 0.1) is 0 Å². The first-order valence-corrected chi connectivity index (χ1v) is 6.95. The Kier molecular flexibility index (Phi) is 7.37. The first-order chi connectivity index (χ1) is 9.20. The van der Waals surface area contributed by atoms with Gasteiger partial charge in [0.05, 0.1) is 13.2 Å². The summed E-state index contributed by atoms with van der Waals surface area (Å²) >= 11 is 0. The minimum Gasteiger partial charge on any atom is -0.490 e. The molecule has 1 aromatic rings. The zero-order valence-electron chi connectivity index (χ0n) is 11.8. The second kappa shape index (κ2) is 8.83. The minimum absolute atomic E-state index is 0.352. The second-order valence-corrected chi connectivity index (χ2v) is 4.45. The van der Waals surface area contributed by atoms with Crippen molar-refractivity contribution in [1.82, 2.24) is 0 Å². The number of rotatable bonds is 9. The lowest BCUT2D eigenvalue weighted by atomic mass is 9.79. The van der Waals surface area contributed by atoms with Crippen LogP contribution in [0.15, 0.2) is 18.2 Å². The molecule has 0 saturated heterocycles. The van der Waals surface area contributed by atoms with Crippen molar-refractivity contribution in [2.24, 2.45) is 0 Å².